The number of halogens is 1. The average molecular weight is 306 g/mol. The van der Waals surface area contributed by atoms with E-state index >= 15 is 0 Å². The molecular formula is C16H20ClN3O. The van der Waals surface area contributed by atoms with Crippen molar-refractivity contribution in [3.8, 4) is 0 Å². The van der Waals surface area contributed by atoms with E-state index in [0.717, 1.165) is 16.8 Å². The molecule has 0 amide bonds. The maximum absolute atomic E-state index is 12.7. The van der Waals surface area contributed by atoms with Crippen molar-refractivity contribution in [3.05, 3.63) is 46.2 Å². The zero-order chi connectivity index (χ0) is 15.8. The molecule has 0 spiro atoms. The highest BCUT2D eigenvalue weighted by Gasteiger charge is 2.31. The second-order valence-electron chi connectivity index (χ2n) is 5.83. The van der Waals surface area contributed by atoms with Crippen LogP contribution in [0.15, 0.2) is 24.3 Å². The number of nitrogens with zero attached hydrogens (tertiary/aromatic N) is 2. The van der Waals surface area contributed by atoms with Gasteiger partial charge in [-0.1, -0.05) is 23.7 Å². The molecule has 2 rings (SSSR count). The molecule has 0 unspecified atom stereocenters. The molecule has 0 atom stereocenters. The number of hydrogen-bond donors (Lipinski definition) is 1. The van der Waals surface area contributed by atoms with Gasteiger partial charge in [0.1, 0.15) is 10.9 Å². The van der Waals surface area contributed by atoms with Gasteiger partial charge in [-0.25, -0.2) is 0 Å². The number of carbonyl (C=O) groups is 1. The number of ketones is 1. The topological polar surface area (TPSA) is 60.9 Å². The SMILES string of the molecule is Cc1nn(C)c(Cl)c1CC(=O)C(C)(C)c1ccc(N)cc1. The zero-order valence-electron chi connectivity index (χ0n) is 12.8. The van der Waals surface area contributed by atoms with Gasteiger partial charge in [-0.05, 0) is 38.5 Å². The van der Waals surface area contributed by atoms with Crippen molar-refractivity contribution in [3.63, 3.8) is 0 Å². The van der Waals surface area contributed by atoms with E-state index in [0.29, 0.717) is 10.8 Å². The number of Topliss-reactive ketones (excluding diaryl/α,β-unsaturated/α-hetero) is 1. The Morgan fingerprint density at radius 3 is 2.38 bits per heavy atom. The number of anilines is 1. The maximum atomic E-state index is 12.7. The molecule has 0 aliphatic carbocycles. The van der Waals surface area contributed by atoms with Gasteiger partial charge in [0.2, 0.25) is 0 Å². The second kappa shape index (κ2) is 5.53. The minimum Gasteiger partial charge on any atom is -0.399 e. The van der Waals surface area contributed by atoms with Crippen LogP contribution in [0.25, 0.3) is 0 Å². The Morgan fingerprint density at radius 1 is 1.33 bits per heavy atom. The van der Waals surface area contributed by atoms with Crippen molar-refractivity contribution in [1.29, 1.82) is 0 Å². The Kier molecular flexibility index (Phi) is 4.10. The molecule has 21 heavy (non-hydrogen) atoms. The molecule has 5 heteroatoms. The Balaban J connectivity index is 2.28. The molecule has 1 aromatic carbocycles. The molecule has 1 aromatic heterocycles. The third-order valence-electron chi connectivity index (χ3n) is 3.94. The first-order valence-electron chi connectivity index (χ1n) is 6.80. The van der Waals surface area contributed by atoms with Gasteiger partial charge in [0.25, 0.3) is 0 Å². The lowest BCUT2D eigenvalue weighted by Gasteiger charge is -2.24. The van der Waals surface area contributed by atoms with Crippen molar-refractivity contribution in [2.75, 3.05) is 5.73 Å². The van der Waals surface area contributed by atoms with Crippen LogP contribution in [-0.2, 0) is 23.7 Å². The van der Waals surface area contributed by atoms with E-state index in [1.165, 1.54) is 0 Å². The summed E-state index contributed by atoms with van der Waals surface area (Å²) in [4.78, 5) is 12.7. The van der Waals surface area contributed by atoms with E-state index in [-0.39, 0.29) is 12.2 Å². The lowest BCUT2D eigenvalue weighted by Crippen LogP contribution is -2.30. The molecule has 2 N–H and O–H groups in total. The van der Waals surface area contributed by atoms with Crippen LogP contribution in [0, 0.1) is 6.92 Å². The predicted molar refractivity (Wildman–Crippen MR) is 85.5 cm³/mol. The van der Waals surface area contributed by atoms with E-state index in [1.54, 1.807) is 11.7 Å². The molecule has 1 heterocycles. The number of nitrogens with two attached hydrogens (primary N) is 1. The van der Waals surface area contributed by atoms with Crippen LogP contribution in [0.3, 0.4) is 0 Å². The normalized spacial score (nSPS) is 11.7. The fourth-order valence-corrected chi connectivity index (χ4v) is 2.56. The summed E-state index contributed by atoms with van der Waals surface area (Å²) >= 11 is 6.21. The number of rotatable bonds is 4. The van der Waals surface area contributed by atoms with Gasteiger partial charge in [0.15, 0.2) is 0 Å². The lowest BCUT2D eigenvalue weighted by atomic mass is 9.78. The van der Waals surface area contributed by atoms with Gasteiger partial charge >= 0.3 is 0 Å². The van der Waals surface area contributed by atoms with E-state index in [2.05, 4.69) is 5.10 Å². The van der Waals surface area contributed by atoms with Crippen molar-refractivity contribution in [2.45, 2.75) is 32.6 Å². The Morgan fingerprint density at radius 2 is 1.90 bits per heavy atom. The third-order valence-corrected chi connectivity index (χ3v) is 4.41. The molecule has 0 radical (unpaired) electrons. The standard InChI is InChI=1S/C16H20ClN3O/c1-10-13(15(17)20(4)19-10)9-14(21)16(2,3)11-5-7-12(18)8-6-11/h5-8H,9,18H2,1-4H3. The number of nitrogen functional groups attached to an aromatic ring is 1. The van der Waals surface area contributed by atoms with Gasteiger partial charge in [-0.2, -0.15) is 5.10 Å². The number of hydrogen-bond acceptors (Lipinski definition) is 3. The summed E-state index contributed by atoms with van der Waals surface area (Å²) < 4.78 is 1.59. The summed E-state index contributed by atoms with van der Waals surface area (Å²) in [5.74, 6) is 0.102. The van der Waals surface area contributed by atoms with E-state index < -0.39 is 5.41 Å². The van der Waals surface area contributed by atoms with Crippen LogP contribution >= 0.6 is 11.6 Å². The summed E-state index contributed by atoms with van der Waals surface area (Å²) in [5, 5.41) is 4.77. The summed E-state index contributed by atoms with van der Waals surface area (Å²) in [7, 11) is 1.77. The van der Waals surface area contributed by atoms with E-state index in [4.69, 9.17) is 17.3 Å². The summed E-state index contributed by atoms with van der Waals surface area (Å²) in [6.07, 6.45) is 0.274. The molecule has 0 bridgehead atoms. The van der Waals surface area contributed by atoms with Gasteiger partial charge in [0, 0.05) is 30.1 Å². The zero-order valence-corrected chi connectivity index (χ0v) is 13.5. The lowest BCUT2D eigenvalue weighted by molar-refractivity contribution is -0.122. The van der Waals surface area contributed by atoms with Crippen molar-refractivity contribution in [1.82, 2.24) is 9.78 Å². The molecule has 4 nitrogen and oxygen atoms in total. The number of aryl methyl sites for hydroxylation is 2. The number of aromatic nitrogens is 2. The van der Waals surface area contributed by atoms with Gasteiger partial charge in [0.05, 0.1) is 5.69 Å². The highest BCUT2D eigenvalue weighted by atomic mass is 35.5. The maximum Gasteiger partial charge on any atom is 0.147 e. The van der Waals surface area contributed by atoms with Crippen LogP contribution in [0.1, 0.15) is 30.7 Å². The molecule has 2 aromatic rings. The van der Waals surface area contributed by atoms with Gasteiger partial charge in [-0.3, -0.25) is 9.48 Å². The fourth-order valence-electron chi connectivity index (χ4n) is 2.32. The molecular weight excluding hydrogens is 286 g/mol. The number of carbonyl (C=O) groups excluding carboxylic acids is 1. The molecule has 112 valence electrons. The Labute approximate surface area is 129 Å². The Bertz CT molecular complexity index is 672. The third kappa shape index (κ3) is 2.95. The van der Waals surface area contributed by atoms with Crippen molar-refractivity contribution in [2.24, 2.45) is 7.05 Å². The smallest absolute Gasteiger partial charge is 0.147 e. The van der Waals surface area contributed by atoms with E-state index in [9.17, 15) is 4.79 Å². The molecule has 0 aliphatic heterocycles. The first kappa shape index (κ1) is 15.6. The average Bonchev–Trinajstić information content (AvgIpc) is 2.65. The van der Waals surface area contributed by atoms with Crippen molar-refractivity contribution >= 4 is 23.1 Å². The van der Waals surface area contributed by atoms with Crippen LogP contribution in [-0.4, -0.2) is 15.6 Å². The number of benzene rings is 1. The summed E-state index contributed by atoms with van der Waals surface area (Å²) in [6, 6.07) is 7.41. The van der Waals surface area contributed by atoms with Crippen LogP contribution in [0.4, 0.5) is 5.69 Å². The fraction of sp³-hybridized carbons (Fsp3) is 0.375. The molecule has 0 saturated heterocycles. The first-order valence-corrected chi connectivity index (χ1v) is 7.18. The van der Waals surface area contributed by atoms with Gasteiger partial charge in [-0.15, -0.1) is 0 Å². The van der Waals surface area contributed by atoms with Crippen LogP contribution in [0.2, 0.25) is 5.15 Å². The minimum absolute atomic E-state index is 0.102. The largest absolute Gasteiger partial charge is 0.399 e. The quantitative estimate of drug-likeness (QED) is 0.883. The first-order chi connectivity index (χ1) is 9.73. The Hall–Kier alpha value is -1.81. The minimum atomic E-state index is -0.598. The highest BCUT2D eigenvalue weighted by Crippen LogP contribution is 2.29. The summed E-state index contributed by atoms with van der Waals surface area (Å²) in [5.41, 5.74) is 8.33. The van der Waals surface area contributed by atoms with Crippen LogP contribution < -0.4 is 5.73 Å². The van der Waals surface area contributed by atoms with E-state index in [1.807, 2.05) is 45.0 Å². The molecule has 0 saturated carbocycles. The van der Waals surface area contributed by atoms with Crippen LogP contribution in [0.5, 0.6) is 0 Å². The monoisotopic (exact) mass is 305 g/mol. The predicted octanol–water partition coefficient (Wildman–Crippen LogP) is 3.05. The second-order valence-corrected chi connectivity index (χ2v) is 6.18. The highest BCUT2D eigenvalue weighted by molar-refractivity contribution is 6.30. The molecule has 0 aliphatic rings. The molecule has 0 fully saturated rings. The van der Waals surface area contributed by atoms with Crippen molar-refractivity contribution < 1.29 is 4.79 Å². The van der Waals surface area contributed by atoms with Gasteiger partial charge < -0.3 is 5.73 Å². The summed E-state index contributed by atoms with van der Waals surface area (Å²) in [6.45, 7) is 5.70.